The van der Waals surface area contributed by atoms with Crippen LogP contribution in [0.15, 0.2) is 49.1 Å². The molecule has 6 heteroatoms. The number of benzene rings is 1. The standard InChI is InChI=1S/C15H15N5O/c16-12(7-11-8-17-9-19-11)15(21)20-13-5-1-3-10-4-2-6-18-14(10)13/h1-6,8-9,12H,7,16H2,(H,17,19)(H,20,21). The van der Waals surface area contributed by atoms with Crippen molar-refractivity contribution in [2.45, 2.75) is 12.5 Å². The van der Waals surface area contributed by atoms with Gasteiger partial charge in [0.1, 0.15) is 0 Å². The summed E-state index contributed by atoms with van der Waals surface area (Å²) in [7, 11) is 0. The van der Waals surface area contributed by atoms with Gasteiger partial charge in [0, 0.05) is 29.9 Å². The average Bonchev–Trinajstić information content (AvgIpc) is 3.00. The molecule has 0 fully saturated rings. The normalized spacial score (nSPS) is 12.2. The Labute approximate surface area is 121 Å². The van der Waals surface area contributed by atoms with Crippen molar-refractivity contribution < 1.29 is 4.79 Å². The smallest absolute Gasteiger partial charge is 0.241 e. The molecule has 106 valence electrons. The van der Waals surface area contributed by atoms with E-state index in [1.54, 1.807) is 18.7 Å². The number of nitrogens with two attached hydrogens (primary N) is 1. The van der Waals surface area contributed by atoms with Gasteiger partial charge in [-0.1, -0.05) is 18.2 Å². The molecule has 0 aliphatic rings. The van der Waals surface area contributed by atoms with E-state index in [0.29, 0.717) is 12.1 Å². The molecular weight excluding hydrogens is 266 g/mol. The van der Waals surface area contributed by atoms with Gasteiger partial charge in [-0.25, -0.2) is 4.98 Å². The summed E-state index contributed by atoms with van der Waals surface area (Å²) in [4.78, 5) is 23.3. The number of hydrogen-bond acceptors (Lipinski definition) is 4. The lowest BCUT2D eigenvalue weighted by molar-refractivity contribution is -0.117. The summed E-state index contributed by atoms with van der Waals surface area (Å²) in [5.41, 5.74) is 8.16. The predicted molar refractivity (Wildman–Crippen MR) is 80.6 cm³/mol. The Kier molecular flexibility index (Phi) is 3.61. The molecule has 0 radical (unpaired) electrons. The van der Waals surface area contributed by atoms with Crippen molar-refractivity contribution in [3.05, 3.63) is 54.7 Å². The van der Waals surface area contributed by atoms with Crippen LogP contribution in [-0.2, 0) is 11.2 Å². The van der Waals surface area contributed by atoms with Crippen molar-refractivity contribution in [2.75, 3.05) is 5.32 Å². The Morgan fingerprint density at radius 2 is 2.19 bits per heavy atom. The number of hydrogen-bond donors (Lipinski definition) is 3. The molecule has 0 aliphatic carbocycles. The minimum Gasteiger partial charge on any atom is -0.348 e. The van der Waals surface area contributed by atoms with Crippen molar-refractivity contribution in [3.8, 4) is 0 Å². The minimum atomic E-state index is -0.649. The molecule has 2 heterocycles. The largest absolute Gasteiger partial charge is 0.348 e. The van der Waals surface area contributed by atoms with Gasteiger partial charge in [-0.2, -0.15) is 0 Å². The fourth-order valence-corrected chi connectivity index (χ4v) is 2.16. The number of rotatable bonds is 4. The summed E-state index contributed by atoms with van der Waals surface area (Å²) in [5, 5.41) is 3.81. The molecule has 3 aromatic rings. The summed E-state index contributed by atoms with van der Waals surface area (Å²) in [6.45, 7) is 0. The summed E-state index contributed by atoms with van der Waals surface area (Å²) in [6.07, 6.45) is 5.33. The molecule has 2 aromatic heterocycles. The molecule has 3 rings (SSSR count). The Hall–Kier alpha value is -2.73. The maximum Gasteiger partial charge on any atom is 0.241 e. The van der Waals surface area contributed by atoms with Crippen molar-refractivity contribution in [1.82, 2.24) is 15.0 Å². The number of para-hydroxylation sites is 1. The zero-order chi connectivity index (χ0) is 14.7. The second kappa shape index (κ2) is 5.72. The monoisotopic (exact) mass is 281 g/mol. The number of carbonyl (C=O) groups is 1. The van der Waals surface area contributed by atoms with Crippen molar-refractivity contribution >= 4 is 22.5 Å². The third-order valence-corrected chi connectivity index (χ3v) is 3.22. The van der Waals surface area contributed by atoms with E-state index in [0.717, 1.165) is 16.6 Å². The van der Waals surface area contributed by atoms with E-state index < -0.39 is 6.04 Å². The van der Waals surface area contributed by atoms with Crippen LogP contribution >= 0.6 is 0 Å². The molecule has 1 unspecified atom stereocenters. The number of carbonyl (C=O) groups excluding carboxylic acids is 1. The van der Waals surface area contributed by atoms with Crippen LogP contribution in [-0.4, -0.2) is 26.9 Å². The van der Waals surface area contributed by atoms with Crippen LogP contribution in [0.3, 0.4) is 0 Å². The zero-order valence-corrected chi connectivity index (χ0v) is 11.3. The first-order valence-electron chi connectivity index (χ1n) is 6.61. The first-order chi connectivity index (χ1) is 10.2. The lowest BCUT2D eigenvalue weighted by Crippen LogP contribution is -2.37. The van der Waals surface area contributed by atoms with Gasteiger partial charge in [0.05, 0.1) is 23.6 Å². The van der Waals surface area contributed by atoms with Crippen LogP contribution in [0.4, 0.5) is 5.69 Å². The number of aromatic amines is 1. The first kappa shape index (κ1) is 13.3. The fraction of sp³-hybridized carbons (Fsp3) is 0.133. The number of pyridine rings is 1. The highest BCUT2D eigenvalue weighted by atomic mass is 16.2. The quantitative estimate of drug-likeness (QED) is 0.674. The van der Waals surface area contributed by atoms with Gasteiger partial charge in [0.2, 0.25) is 5.91 Å². The predicted octanol–water partition coefficient (Wildman–Crippen LogP) is 1.47. The molecule has 0 saturated heterocycles. The van der Waals surface area contributed by atoms with E-state index in [9.17, 15) is 4.79 Å². The number of H-pyrrole nitrogens is 1. The maximum absolute atomic E-state index is 12.2. The highest BCUT2D eigenvalue weighted by molar-refractivity contribution is 6.02. The molecule has 0 bridgehead atoms. The molecule has 4 N–H and O–H groups in total. The number of amides is 1. The lowest BCUT2D eigenvalue weighted by Gasteiger charge is -2.12. The van der Waals surface area contributed by atoms with Gasteiger partial charge in [-0.05, 0) is 12.1 Å². The molecule has 6 nitrogen and oxygen atoms in total. The van der Waals surface area contributed by atoms with Crippen LogP contribution in [0.1, 0.15) is 5.69 Å². The molecule has 21 heavy (non-hydrogen) atoms. The summed E-state index contributed by atoms with van der Waals surface area (Å²) in [5.74, 6) is -0.247. The van der Waals surface area contributed by atoms with Gasteiger partial charge in [-0.15, -0.1) is 0 Å². The fourth-order valence-electron chi connectivity index (χ4n) is 2.16. The van der Waals surface area contributed by atoms with Gasteiger partial charge in [0.25, 0.3) is 0 Å². The summed E-state index contributed by atoms with van der Waals surface area (Å²) >= 11 is 0. The van der Waals surface area contributed by atoms with Crippen LogP contribution < -0.4 is 11.1 Å². The van der Waals surface area contributed by atoms with E-state index >= 15 is 0 Å². The lowest BCUT2D eigenvalue weighted by atomic mass is 10.1. The van der Waals surface area contributed by atoms with Crippen molar-refractivity contribution in [1.29, 1.82) is 0 Å². The van der Waals surface area contributed by atoms with E-state index in [2.05, 4.69) is 20.3 Å². The number of aromatic nitrogens is 3. The number of nitrogens with one attached hydrogen (secondary N) is 2. The topological polar surface area (TPSA) is 96.7 Å². The number of fused-ring (bicyclic) bond motifs is 1. The zero-order valence-electron chi connectivity index (χ0n) is 11.3. The Bertz CT molecular complexity index is 748. The van der Waals surface area contributed by atoms with Crippen LogP contribution in [0.25, 0.3) is 10.9 Å². The third kappa shape index (κ3) is 2.90. The average molecular weight is 281 g/mol. The SMILES string of the molecule is NC(Cc1cnc[nH]1)C(=O)Nc1cccc2cccnc12. The Morgan fingerprint density at radius 3 is 3.00 bits per heavy atom. The van der Waals surface area contributed by atoms with Crippen LogP contribution in [0.5, 0.6) is 0 Å². The second-order valence-electron chi connectivity index (χ2n) is 4.76. The van der Waals surface area contributed by atoms with Crippen LogP contribution in [0.2, 0.25) is 0 Å². The highest BCUT2D eigenvalue weighted by Crippen LogP contribution is 2.20. The highest BCUT2D eigenvalue weighted by Gasteiger charge is 2.16. The summed E-state index contributed by atoms with van der Waals surface area (Å²) < 4.78 is 0. The van der Waals surface area contributed by atoms with Gasteiger partial charge < -0.3 is 16.0 Å². The molecular formula is C15H15N5O. The molecule has 0 aliphatic heterocycles. The van der Waals surface area contributed by atoms with E-state index in [4.69, 9.17) is 5.73 Å². The minimum absolute atomic E-state index is 0.247. The second-order valence-corrected chi connectivity index (χ2v) is 4.76. The molecule has 0 saturated carbocycles. The molecule has 1 amide bonds. The van der Waals surface area contributed by atoms with Crippen LogP contribution in [0, 0.1) is 0 Å². The number of nitrogens with zero attached hydrogens (tertiary/aromatic N) is 2. The van der Waals surface area contributed by atoms with E-state index in [1.807, 2.05) is 30.3 Å². The van der Waals surface area contributed by atoms with E-state index in [1.165, 1.54) is 0 Å². The van der Waals surface area contributed by atoms with Gasteiger partial charge >= 0.3 is 0 Å². The van der Waals surface area contributed by atoms with Crippen molar-refractivity contribution in [2.24, 2.45) is 5.73 Å². The number of anilines is 1. The molecule has 1 atom stereocenters. The molecule has 1 aromatic carbocycles. The summed E-state index contributed by atoms with van der Waals surface area (Å²) in [6, 6.07) is 8.79. The van der Waals surface area contributed by atoms with Crippen molar-refractivity contribution in [3.63, 3.8) is 0 Å². The molecule has 0 spiro atoms. The Balaban J connectivity index is 1.77. The van der Waals surface area contributed by atoms with Gasteiger partial charge in [0.15, 0.2) is 0 Å². The third-order valence-electron chi connectivity index (χ3n) is 3.22. The van der Waals surface area contributed by atoms with Gasteiger partial charge in [-0.3, -0.25) is 9.78 Å². The maximum atomic E-state index is 12.2. The first-order valence-corrected chi connectivity index (χ1v) is 6.61. The number of imidazole rings is 1. The van der Waals surface area contributed by atoms with E-state index in [-0.39, 0.29) is 5.91 Å². The Morgan fingerprint density at radius 1 is 1.33 bits per heavy atom.